The topological polar surface area (TPSA) is 120 Å². The molecule has 0 aromatic rings. The van der Waals surface area contributed by atoms with Crippen LogP contribution in [-0.4, -0.2) is 74.5 Å². The zero-order chi connectivity index (χ0) is 16.0. The Labute approximate surface area is 123 Å². The minimum Gasteiger partial charge on any atom is -0.481 e. The largest absolute Gasteiger partial charge is 0.481 e. The van der Waals surface area contributed by atoms with Gasteiger partial charge in [0, 0.05) is 27.2 Å². The number of nitrogens with zero attached hydrogens (tertiary/aromatic N) is 1. The maximum absolute atomic E-state index is 11.7. The summed E-state index contributed by atoms with van der Waals surface area (Å²) >= 11 is 0. The van der Waals surface area contributed by atoms with Crippen LogP contribution in [0.1, 0.15) is 6.92 Å². The zero-order valence-corrected chi connectivity index (χ0v) is 12.4. The van der Waals surface area contributed by atoms with Crippen molar-refractivity contribution >= 4 is 18.0 Å². The number of carbonyl (C=O) groups is 3. The third-order valence-corrected chi connectivity index (χ3v) is 3.34. The van der Waals surface area contributed by atoms with E-state index < -0.39 is 23.5 Å². The van der Waals surface area contributed by atoms with Gasteiger partial charge in [-0.3, -0.25) is 4.79 Å². The number of hydrogen-bond acceptors (Lipinski definition) is 4. The summed E-state index contributed by atoms with van der Waals surface area (Å²) in [5.41, 5.74) is -1.13. The van der Waals surface area contributed by atoms with E-state index in [1.807, 2.05) is 0 Å². The van der Waals surface area contributed by atoms with Gasteiger partial charge in [0.15, 0.2) is 0 Å². The van der Waals surface area contributed by atoms with Crippen molar-refractivity contribution in [2.75, 3.05) is 40.4 Å². The predicted molar refractivity (Wildman–Crippen MR) is 74.0 cm³/mol. The third kappa shape index (κ3) is 4.48. The third-order valence-electron chi connectivity index (χ3n) is 3.34. The highest BCUT2D eigenvalue weighted by Crippen LogP contribution is 2.28. The Kier molecular flexibility index (Phi) is 5.77. The van der Waals surface area contributed by atoms with E-state index in [0.717, 1.165) is 0 Å². The van der Waals surface area contributed by atoms with E-state index in [1.165, 1.54) is 11.8 Å². The minimum atomic E-state index is -1.13. The van der Waals surface area contributed by atoms with Crippen LogP contribution in [0.15, 0.2) is 0 Å². The molecule has 1 aliphatic rings. The highest BCUT2D eigenvalue weighted by Gasteiger charge is 2.47. The molecule has 120 valence electrons. The molecular formula is C12H22N4O5. The molecule has 9 heteroatoms. The SMILES string of the molecule is CN(C)C(=O)NCCNC(=O)NC1COCC1(C)C(=O)O. The van der Waals surface area contributed by atoms with Crippen molar-refractivity contribution in [2.45, 2.75) is 13.0 Å². The van der Waals surface area contributed by atoms with Gasteiger partial charge in [-0.05, 0) is 6.92 Å². The first kappa shape index (κ1) is 17.0. The number of rotatable bonds is 5. The first-order valence-corrected chi connectivity index (χ1v) is 6.58. The Morgan fingerprint density at radius 2 is 1.90 bits per heavy atom. The van der Waals surface area contributed by atoms with Crippen molar-refractivity contribution in [2.24, 2.45) is 5.41 Å². The highest BCUT2D eigenvalue weighted by molar-refractivity contribution is 5.79. The first-order valence-electron chi connectivity index (χ1n) is 6.58. The Bertz CT molecular complexity index is 414. The Morgan fingerprint density at radius 3 is 2.48 bits per heavy atom. The fourth-order valence-electron chi connectivity index (χ4n) is 1.80. The molecule has 0 spiro atoms. The summed E-state index contributed by atoms with van der Waals surface area (Å²) in [6.07, 6.45) is 0. The lowest BCUT2D eigenvalue weighted by Crippen LogP contribution is -2.53. The van der Waals surface area contributed by atoms with E-state index in [1.54, 1.807) is 14.1 Å². The fraction of sp³-hybridized carbons (Fsp3) is 0.750. The molecule has 0 aromatic heterocycles. The van der Waals surface area contributed by atoms with E-state index in [0.29, 0.717) is 0 Å². The van der Waals surface area contributed by atoms with Gasteiger partial charge in [0.25, 0.3) is 0 Å². The summed E-state index contributed by atoms with van der Waals surface area (Å²) in [4.78, 5) is 35.5. The smallest absolute Gasteiger partial charge is 0.316 e. The second-order valence-corrected chi connectivity index (χ2v) is 5.32. The number of hydrogen-bond donors (Lipinski definition) is 4. The molecule has 4 N–H and O–H groups in total. The van der Waals surface area contributed by atoms with Crippen LogP contribution >= 0.6 is 0 Å². The number of urea groups is 2. The predicted octanol–water partition coefficient (Wildman–Crippen LogP) is -0.953. The fourth-order valence-corrected chi connectivity index (χ4v) is 1.80. The molecule has 0 saturated carbocycles. The summed E-state index contributed by atoms with van der Waals surface area (Å²) in [7, 11) is 3.23. The Hall–Kier alpha value is -2.03. The summed E-state index contributed by atoms with van der Waals surface area (Å²) in [6.45, 7) is 2.27. The second-order valence-electron chi connectivity index (χ2n) is 5.32. The molecule has 0 aliphatic carbocycles. The number of ether oxygens (including phenoxy) is 1. The molecule has 0 bridgehead atoms. The number of nitrogens with one attached hydrogen (secondary N) is 3. The molecule has 4 amide bonds. The van der Waals surface area contributed by atoms with Crippen molar-refractivity contribution in [3.63, 3.8) is 0 Å². The van der Waals surface area contributed by atoms with Gasteiger partial charge in [-0.2, -0.15) is 0 Å². The van der Waals surface area contributed by atoms with Crippen molar-refractivity contribution < 1.29 is 24.2 Å². The number of carboxylic acid groups (broad SMARTS) is 1. The van der Waals surface area contributed by atoms with Gasteiger partial charge >= 0.3 is 18.0 Å². The highest BCUT2D eigenvalue weighted by atomic mass is 16.5. The van der Waals surface area contributed by atoms with Crippen LogP contribution < -0.4 is 16.0 Å². The summed E-state index contributed by atoms with van der Waals surface area (Å²) in [5, 5.41) is 16.9. The lowest BCUT2D eigenvalue weighted by Gasteiger charge is -2.25. The maximum Gasteiger partial charge on any atom is 0.316 e. The second kappa shape index (κ2) is 7.11. The monoisotopic (exact) mass is 302 g/mol. The molecule has 9 nitrogen and oxygen atoms in total. The van der Waals surface area contributed by atoms with Crippen molar-refractivity contribution in [3.05, 3.63) is 0 Å². The van der Waals surface area contributed by atoms with Gasteiger partial charge in [-0.25, -0.2) is 9.59 Å². The van der Waals surface area contributed by atoms with Crippen LogP contribution in [0.5, 0.6) is 0 Å². The normalized spacial score (nSPS) is 24.2. The molecule has 2 unspecified atom stereocenters. The molecule has 1 rings (SSSR count). The van der Waals surface area contributed by atoms with Crippen LogP contribution in [0.25, 0.3) is 0 Å². The van der Waals surface area contributed by atoms with Crippen LogP contribution in [0, 0.1) is 5.41 Å². The average Bonchev–Trinajstić information content (AvgIpc) is 2.77. The number of amides is 4. The van der Waals surface area contributed by atoms with Gasteiger partial charge in [-0.1, -0.05) is 0 Å². The van der Waals surface area contributed by atoms with E-state index in [2.05, 4.69) is 16.0 Å². The minimum absolute atomic E-state index is 0.0617. The lowest BCUT2D eigenvalue weighted by atomic mass is 9.85. The Morgan fingerprint density at radius 1 is 1.29 bits per heavy atom. The van der Waals surface area contributed by atoms with Crippen molar-refractivity contribution in [1.82, 2.24) is 20.9 Å². The average molecular weight is 302 g/mol. The number of aliphatic carboxylic acids is 1. The van der Waals surface area contributed by atoms with E-state index >= 15 is 0 Å². The maximum atomic E-state index is 11.7. The van der Waals surface area contributed by atoms with Crippen molar-refractivity contribution in [1.29, 1.82) is 0 Å². The molecule has 21 heavy (non-hydrogen) atoms. The van der Waals surface area contributed by atoms with Crippen molar-refractivity contribution in [3.8, 4) is 0 Å². The van der Waals surface area contributed by atoms with Crippen LogP contribution in [0.2, 0.25) is 0 Å². The molecule has 1 fully saturated rings. The molecule has 2 atom stereocenters. The first-order chi connectivity index (χ1) is 9.77. The molecular weight excluding hydrogens is 280 g/mol. The molecule has 1 heterocycles. The number of carbonyl (C=O) groups excluding carboxylic acids is 2. The molecule has 1 saturated heterocycles. The van der Waals surface area contributed by atoms with E-state index in [9.17, 15) is 19.5 Å². The van der Waals surface area contributed by atoms with E-state index in [-0.39, 0.29) is 32.3 Å². The van der Waals surface area contributed by atoms with Crippen LogP contribution in [0.4, 0.5) is 9.59 Å². The van der Waals surface area contributed by atoms with Crippen LogP contribution in [0.3, 0.4) is 0 Å². The van der Waals surface area contributed by atoms with Gasteiger partial charge in [0.05, 0.1) is 19.3 Å². The zero-order valence-electron chi connectivity index (χ0n) is 12.4. The number of carboxylic acids is 1. The standard InChI is InChI=1S/C12H22N4O5/c1-12(9(17)18)7-21-6-8(12)15-10(19)13-4-5-14-11(20)16(2)3/h8H,4-7H2,1-3H3,(H,14,20)(H,17,18)(H2,13,15,19). The lowest BCUT2D eigenvalue weighted by molar-refractivity contribution is -0.148. The molecule has 0 radical (unpaired) electrons. The quantitative estimate of drug-likeness (QED) is 0.488. The van der Waals surface area contributed by atoms with Gasteiger partial charge in [0.1, 0.15) is 5.41 Å². The Balaban J connectivity index is 2.31. The van der Waals surface area contributed by atoms with Gasteiger partial charge in [-0.15, -0.1) is 0 Å². The van der Waals surface area contributed by atoms with Gasteiger partial charge < -0.3 is 30.7 Å². The molecule has 0 aromatic carbocycles. The summed E-state index contributed by atoms with van der Waals surface area (Å²) in [6, 6.07) is -1.33. The summed E-state index contributed by atoms with van der Waals surface area (Å²) in [5.74, 6) is -1.01. The van der Waals surface area contributed by atoms with Gasteiger partial charge in [0.2, 0.25) is 0 Å². The van der Waals surface area contributed by atoms with E-state index in [4.69, 9.17) is 4.74 Å². The summed E-state index contributed by atoms with van der Waals surface area (Å²) < 4.78 is 5.13. The molecule has 1 aliphatic heterocycles. The van der Waals surface area contributed by atoms with Crippen LogP contribution in [-0.2, 0) is 9.53 Å².